The van der Waals surface area contributed by atoms with Crippen molar-refractivity contribution in [3.63, 3.8) is 0 Å². The lowest BCUT2D eigenvalue weighted by Gasteiger charge is -2.15. The van der Waals surface area contributed by atoms with Crippen LogP contribution in [0.2, 0.25) is 0 Å². The van der Waals surface area contributed by atoms with Gasteiger partial charge in [0.15, 0.2) is 0 Å². The fourth-order valence-electron chi connectivity index (χ4n) is 2.80. The van der Waals surface area contributed by atoms with Crippen LogP contribution < -0.4 is 5.32 Å². The molecule has 4 nitrogen and oxygen atoms in total. The summed E-state index contributed by atoms with van der Waals surface area (Å²) in [7, 11) is 1.79. The molecule has 4 heteroatoms. The van der Waals surface area contributed by atoms with E-state index in [0.717, 1.165) is 38.2 Å². The highest BCUT2D eigenvalue weighted by Crippen LogP contribution is 2.48. The minimum Gasteiger partial charge on any atom is -0.385 e. The van der Waals surface area contributed by atoms with Gasteiger partial charge >= 0.3 is 0 Å². The van der Waals surface area contributed by atoms with Gasteiger partial charge in [0, 0.05) is 33.0 Å². The van der Waals surface area contributed by atoms with E-state index in [1.165, 1.54) is 19.3 Å². The number of hydrogen-bond acceptors (Lipinski definition) is 3. The van der Waals surface area contributed by atoms with E-state index in [-0.39, 0.29) is 0 Å². The number of ether oxygens (including phenoxy) is 1. The van der Waals surface area contributed by atoms with Gasteiger partial charge in [0.25, 0.3) is 0 Å². The van der Waals surface area contributed by atoms with Gasteiger partial charge in [-0.25, -0.2) is 0 Å². The molecule has 20 heavy (non-hydrogen) atoms. The van der Waals surface area contributed by atoms with E-state index in [2.05, 4.69) is 41.2 Å². The molecular weight excluding hydrogens is 250 g/mol. The van der Waals surface area contributed by atoms with Crippen molar-refractivity contribution in [2.24, 2.45) is 5.41 Å². The third-order valence-corrected chi connectivity index (χ3v) is 4.58. The van der Waals surface area contributed by atoms with Gasteiger partial charge in [-0.2, -0.15) is 5.10 Å². The standard InChI is InChI=1S/C16H29N3O/c1-4-15(5-2)19-10-6-14(18-19)12-17-13-16(7-8-16)9-11-20-3/h6,10,15,17H,4-5,7-9,11-13H2,1-3H3. The fraction of sp³-hybridized carbons (Fsp3) is 0.812. The second kappa shape index (κ2) is 7.23. The van der Waals surface area contributed by atoms with Crippen LogP contribution in [-0.4, -0.2) is 30.0 Å². The molecular formula is C16H29N3O. The molecule has 0 saturated heterocycles. The zero-order valence-electron chi connectivity index (χ0n) is 13.2. The molecule has 114 valence electrons. The number of hydrogen-bond donors (Lipinski definition) is 1. The normalized spacial score (nSPS) is 16.8. The van der Waals surface area contributed by atoms with Crippen molar-refractivity contribution < 1.29 is 4.74 Å². The molecule has 1 aliphatic carbocycles. The summed E-state index contributed by atoms with van der Waals surface area (Å²) in [5.41, 5.74) is 1.66. The molecule has 0 atom stereocenters. The Morgan fingerprint density at radius 2 is 2.15 bits per heavy atom. The molecule has 1 N–H and O–H groups in total. The van der Waals surface area contributed by atoms with E-state index in [9.17, 15) is 0 Å². The van der Waals surface area contributed by atoms with Crippen molar-refractivity contribution >= 4 is 0 Å². The summed E-state index contributed by atoms with van der Waals surface area (Å²) < 4.78 is 7.31. The minimum absolute atomic E-state index is 0.508. The molecule has 1 aliphatic rings. The average Bonchev–Trinajstić information content (AvgIpc) is 3.08. The Balaban J connectivity index is 1.74. The molecule has 1 heterocycles. The van der Waals surface area contributed by atoms with Crippen LogP contribution in [0.3, 0.4) is 0 Å². The van der Waals surface area contributed by atoms with Gasteiger partial charge in [-0.1, -0.05) is 13.8 Å². The van der Waals surface area contributed by atoms with Crippen molar-refractivity contribution in [3.05, 3.63) is 18.0 Å². The van der Waals surface area contributed by atoms with Gasteiger partial charge in [0.1, 0.15) is 0 Å². The highest BCUT2D eigenvalue weighted by atomic mass is 16.5. The smallest absolute Gasteiger partial charge is 0.0762 e. The predicted octanol–water partition coefficient (Wildman–Crippen LogP) is 3.15. The molecule has 0 radical (unpaired) electrons. The van der Waals surface area contributed by atoms with Gasteiger partial charge in [0.05, 0.1) is 11.7 Å². The molecule has 1 aromatic rings. The maximum Gasteiger partial charge on any atom is 0.0762 e. The summed E-state index contributed by atoms with van der Waals surface area (Å²) in [5, 5.41) is 8.25. The van der Waals surface area contributed by atoms with Crippen LogP contribution in [0.5, 0.6) is 0 Å². The largest absolute Gasteiger partial charge is 0.385 e. The molecule has 0 unspecified atom stereocenters. The van der Waals surface area contributed by atoms with E-state index in [0.29, 0.717) is 11.5 Å². The average molecular weight is 279 g/mol. The molecule has 2 rings (SSSR count). The molecule has 0 amide bonds. The first-order chi connectivity index (χ1) is 9.73. The molecule has 0 bridgehead atoms. The van der Waals surface area contributed by atoms with Crippen molar-refractivity contribution in [1.82, 2.24) is 15.1 Å². The topological polar surface area (TPSA) is 39.1 Å². The van der Waals surface area contributed by atoms with Crippen LogP contribution in [0.1, 0.15) is 57.7 Å². The number of methoxy groups -OCH3 is 1. The SMILES string of the molecule is CCC(CC)n1ccc(CNCC2(CCOC)CC2)n1. The van der Waals surface area contributed by atoms with E-state index in [4.69, 9.17) is 4.74 Å². The van der Waals surface area contributed by atoms with Crippen molar-refractivity contribution in [3.8, 4) is 0 Å². The summed E-state index contributed by atoms with van der Waals surface area (Å²) in [4.78, 5) is 0. The number of rotatable bonds is 10. The van der Waals surface area contributed by atoms with Gasteiger partial charge < -0.3 is 10.1 Å². The summed E-state index contributed by atoms with van der Waals surface area (Å²) in [6, 6.07) is 2.68. The maximum absolute atomic E-state index is 5.19. The van der Waals surface area contributed by atoms with Crippen LogP contribution in [-0.2, 0) is 11.3 Å². The zero-order valence-corrected chi connectivity index (χ0v) is 13.2. The lowest BCUT2D eigenvalue weighted by Crippen LogP contribution is -2.25. The van der Waals surface area contributed by atoms with Gasteiger partial charge in [0.2, 0.25) is 0 Å². The summed E-state index contributed by atoms with van der Waals surface area (Å²) in [6.07, 6.45) is 8.26. The number of nitrogens with one attached hydrogen (secondary N) is 1. The van der Waals surface area contributed by atoms with Gasteiger partial charge in [-0.15, -0.1) is 0 Å². The third kappa shape index (κ3) is 4.06. The van der Waals surface area contributed by atoms with Crippen LogP contribution in [0, 0.1) is 5.41 Å². The Morgan fingerprint density at radius 1 is 1.40 bits per heavy atom. The maximum atomic E-state index is 5.19. The number of aromatic nitrogens is 2. The Labute approximate surface area is 122 Å². The second-order valence-electron chi connectivity index (χ2n) is 6.10. The Morgan fingerprint density at radius 3 is 2.75 bits per heavy atom. The molecule has 0 aliphatic heterocycles. The van der Waals surface area contributed by atoms with Crippen molar-refractivity contribution in [1.29, 1.82) is 0 Å². The van der Waals surface area contributed by atoms with Crippen molar-refractivity contribution in [2.45, 2.75) is 58.5 Å². The van der Waals surface area contributed by atoms with Crippen LogP contribution in [0.15, 0.2) is 12.3 Å². The summed E-state index contributed by atoms with van der Waals surface area (Å²) in [6.45, 7) is 7.29. The van der Waals surface area contributed by atoms with Crippen LogP contribution in [0.4, 0.5) is 0 Å². The first kappa shape index (κ1) is 15.5. The summed E-state index contributed by atoms with van der Waals surface area (Å²) in [5.74, 6) is 0. The second-order valence-corrected chi connectivity index (χ2v) is 6.10. The van der Waals surface area contributed by atoms with E-state index in [1.807, 2.05) is 0 Å². The van der Waals surface area contributed by atoms with E-state index >= 15 is 0 Å². The molecule has 0 aromatic carbocycles. The lowest BCUT2D eigenvalue weighted by molar-refractivity contribution is 0.171. The summed E-state index contributed by atoms with van der Waals surface area (Å²) >= 11 is 0. The Bertz CT molecular complexity index is 394. The van der Waals surface area contributed by atoms with Crippen LogP contribution >= 0.6 is 0 Å². The quantitative estimate of drug-likeness (QED) is 0.715. The Kier molecular flexibility index (Phi) is 5.61. The molecule has 1 saturated carbocycles. The van der Waals surface area contributed by atoms with E-state index in [1.54, 1.807) is 7.11 Å². The highest BCUT2D eigenvalue weighted by Gasteiger charge is 2.41. The highest BCUT2D eigenvalue weighted by molar-refractivity contribution is 5.01. The third-order valence-electron chi connectivity index (χ3n) is 4.58. The zero-order chi connectivity index (χ0) is 14.4. The first-order valence-corrected chi connectivity index (χ1v) is 7.96. The molecule has 1 fully saturated rings. The Hall–Kier alpha value is -0.870. The van der Waals surface area contributed by atoms with Crippen molar-refractivity contribution in [2.75, 3.05) is 20.3 Å². The van der Waals surface area contributed by atoms with Crippen LogP contribution in [0.25, 0.3) is 0 Å². The van der Waals surface area contributed by atoms with Gasteiger partial charge in [-0.3, -0.25) is 4.68 Å². The van der Waals surface area contributed by atoms with E-state index < -0.39 is 0 Å². The van der Waals surface area contributed by atoms with Gasteiger partial charge in [-0.05, 0) is 43.6 Å². The fourth-order valence-corrected chi connectivity index (χ4v) is 2.80. The minimum atomic E-state index is 0.508. The number of nitrogens with zero attached hydrogens (tertiary/aromatic N) is 2. The lowest BCUT2D eigenvalue weighted by atomic mass is 10.0. The molecule has 0 spiro atoms. The predicted molar refractivity (Wildman–Crippen MR) is 81.7 cm³/mol. The first-order valence-electron chi connectivity index (χ1n) is 7.96. The molecule has 1 aromatic heterocycles. The monoisotopic (exact) mass is 279 g/mol.